The van der Waals surface area contributed by atoms with Gasteiger partial charge in [0.1, 0.15) is 0 Å². The van der Waals surface area contributed by atoms with Crippen LogP contribution in [0.1, 0.15) is 72.6 Å². The number of carbonyl (C=O) groups is 1. The summed E-state index contributed by atoms with van der Waals surface area (Å²) in [6, 6.07) is 0. The Kier molecular flexibility index (Phi) is 4.40. The van der Waals surface area contributed by atoms with E-state index in [0.717, 1.165) is 31.1 Å². The van der Waals surface area contributed by atoms with Gasteiger partial charge in [0.25, 0.3) is 0 Å². The zero-order valence-electron chi connectivity index (χ0n) is 15.7. The zero-order chi connectivity index (χ0) is 16.8. The molecule has 2 heteroatoms. The summed E-state index contributed by atoms with van der Waals surface area (Å²) in [5.74, 6) is 2.80. The summed E-state index contributed by atoms with van der Waals surface area (Å²) in [5, 5.41) is 0. The number of allylic oxidation sites excluding steroid dienone is 2. The Morgan fingerprint density at radius 3 is 2.65 bits per heavy atom. The molecule has 3 aliphatic rings. The number of esters is 1. The lowest BCUT2D eigenvalue weighted by Crippen LogP contribution is -2.53. The fourth-order valence-electron chi connectivity index (χ4n) is 6.27. The summed E-state index contributed by atoms with van der Waals surface area (Å²) in [7, 11) is 1.55. The van der Waals surface area contributed by atoms with E-state index in [9.17, 15) is 4.79 Å². The SMILES string of the molecule is COC(=O)[C@]1(C)CCC[C@@]2(C)C1CC=C1CC(C(C)C)CC[C@@H]12. The Morgan fingerprint density at radius 1 is 1.26 bits per heavy atom. The molecule has 2 nitrogen and oxygen atoms in total. The van der Waals surface area contributed by atoms with Crippen molar-refractivity contribution in [3.8, 4) is 0 Å². The van der Waals surface area contributed by atoms with Gasteiger partial charge in [0.05, 0.1) is 12.5 Å². The number of carbonyl (C=O) groups excluding carboxylic acids is 1. The minimum atomic E-state index is -0.293. The standard InChI is InChI=1S/C21H34O2/c1-14(2)15-7-9-17-16(13-15)8-10-18-20(17,3)11-6-12-21(18,4)19(22)23-5/h8,14-15,17-18H,6-7,9-13H2,1-5H3/t15?,17-,18?,20+,21+/m0/s1. The van der Waals surface area contributed by atoms with E-state index in [1.807, 2.05) is 0 Å². The third-order valence-corrected chi connectivity index (χ3v) is 7.75. The molecule has 0 aromatic carbocycles. The molecule has 0 bridgehead atoms. The van der Waals surface area contributed by atoms with Crippen molar-refractivity contribution in [3.05, 3.63) is 11.6 Å². The van der Waals surface area contributed by atoms with E-state index in [1.54, 1.807) is 12.7 Å². The molecule has 0 amide bonds. The van der Waals surface area contributed by atoms with Gasteiger partial charge in [-0.25, -0.2) is 0 Å². The summed E-state index contributed by atoms with van der Waals surface area (Å²) >= 11 is 0. The van der Waals surface area contributed by atoms with Crippen LogP contribution in [0.25, 0.3) is 0 Å². The van der Waals surface area contributed by atoms with Crippen LogP contribution in [-0.4, -0.2) is 13.1 Å². The minimum absolute atomic E-state index is 0.0149. The van der Waals surface area contributed by atoms with Gasteiger partial charge in [-0.3, -0.25) is 4.79 Å². The fourth-order valence-corrected chi connectivity index (χ4v) is 6.27. The van der Waals surface area contributed by atoms with Gasteiger partial charge in [0.2, 0.25) is 0 Å². The van der Waals surface area contributed by atoms with E-state index in [4.69, 9.17) is 4.74 Å². The van der Waals surface area contributed by atoms with Crippen LogP contribution in [0.15, 0.2) is 11.6 Å². The maximum absolute atomic E-state index is 12.5. The van der Waals surface area contributed by atoms with Gasteiger partial charge in [0.15, 0.2) is 0 Å². The number of ether oxygens (including phenoxy) is 1. The molecule has 0 saturated heterocycles. The van der Waals surface area contributed by atoms with E-state index in [2.05, 4.69) is 33.8 Å². The average Bonchev–Trinajstić information content (AvgIpc) is 2.53. The van der Waals surface area contributed by atoms with Gasteiger partial charge in [-0.2, -0.15) is 0 Å². The lowest BCUT2D eigenvalue weighted by Gasteiger charge is -2.58. The maximum Gasteiger partial charge on any atom is 0.311 e. The smallest absolute Gasteiger partial charge is 0.311 e. The first kappa shape index (κ1) is 17.0. The fraction of sp³-hybridized carbons (Fsp3) is 0.857. The van der Waals surface area contributed by atoms with Crippen molar-refractivity contribution in [1.82, 2.24) is 0 Å². The largest absolute Gasteiger partial charge is 0.469 e. The van der Waals surface area contributed by atoms with Crippen molar-refractivity contribution in [2.24, 2.45) is 34.5 Å². The second kappa shape index (κ2) is 5.93. The van der Waals surface area contributed by atoms with E-state index < -0.39 is 0 Å². The van der Waals surface area contributed by atoms with Crippen LogP contribution < -0.4 is 0 Å². The summed E-state index contributed by atoms with van der Waals surface area (Å²) < 4.78 is 5.21. The molecule has 5 atom stereocenters. The van der Waals surface area contributed by atoms with Crippen molar-refractivity contribution in [2.45, 2.75) is 72.6 Å². The van der Waals surface area contributed by atoms with Gasteiger partial charge in [-0.05, 0) is 74.5 Å². The van der Waals surface area contributed by atoms with Crippen molar-refractivity contribution in [3.63, 3.8) is 0 Å². The molecular formula is C21H34O2. The molecule has 0 spiro atoms. The number of hydrogen-bond acceptors (Lipinski definition) is 2. The average molecular weight is 319 g/mol. The second-order valence-corrected chi connectivity index (χ2v) is 9.17. The van der Waals surface area contributed by atoms with Crippen LogP contribution in [-0.2, 0) is 9.53 Å². The Hall–Kier alpha value is -0.790. The first-order valence-electron chi connectivity index (χ1n) is 9.60. The molecule has 2 fully saturated rings. The highest BCUT2D eigenvalue weighted by atomic mass is 16.5. The van der Waals surface area contributed by atoms with Crippen molar-refractivity contribution >= 4 is 5.97 Å². The van der Waals surface area contributed by atoms with E-state index in [1.165, 1.54) is 25.7 Å². The Morgan fingerprint density at radius 2 is 2.00 bits per heavy atom. The number of methoxy groups -OCH3 is 1. The van der Waals surface area contributed by atoms with Crippen molar-refractivity contribution < 1.29 is 9.53 Å². The third kappa shape index (κ3) is 2.57. The highest BCUT2D eigenvalue weighted by Gasteiger charge is 2.57. The lowest BCUT2D eigenvalue weighted by molar-refractivity contribution is -0.166. The van der Waals surface area contributed by atoms with Crippen LogP contribution in [0.4, 0.5) is 0 Å². The van der Waals surface area contributed by atoms with Crippen LogP contribution in [0.5, 0.6) is 0 Å². The van der Waals surface area contributed by atoms with E-state index in [0.29, 0.717) is 11.8 Å². The minimum Gasteiger partial charge on any atom is -0.469 e. The van der Waals surface area contributed by atoms with Gasteiger partial charge >= 0.3 is 5.97 Å². The van der Waals surface area contributed by atoms with Gasteiger partial charge in [-0.15, -0.1) is 0 Å². The van der Waals surface area contributed by atoms with Crippen LogP contribution >= 0.6 is 0 Å². The molecule has 2 unspecified atom stereocenters. The molecule has 0 aromatic heterocycles. The molecule has 3 rings (SSSR count). The zero-order valence-corrected chi connectivity index (χ0v) is 15.7. The second-order valence-electron chi connectivity index (χ2n) is 9.17. The first-order valence-corrected chi connectivity index (χ1v) is 9.60. The molecule has 0 N–H and O–H groups in total. The van der Waals surface area contributed by atoms with Crippen LogP contribution in [0, 0.1) is 34.5 Å². The molecule has 0 aliphatic heterocycles. The lowest BCUT2D eigenvalue weighted by atomic mass is 9.46. The molecule has 0 aromatic rings. The topological polar surface area (TPSA) is 26.3 Å². The number of fused-ring (bicyclic) bond motifs is 3. The molecule has 23 heavy (non-hydrogen) atoms. The summed E-state index contributed by atoms with van der Waals surface area (Å²) in [5.41, 5.74) is 1.70. The number of hydrogen-bond donors (Lipinski definition) is 0. The molecular weight excluding hydrogens is 284 g/mol. The monoisotopic (exact) mass is 318 g/mol. The summed E-state index contributed by atoms with van der Waals surface area (Å²) in [6.07, 6.45) is 11.0. The molecule has 130 valence electrons. The summed E-state index contributed by atoms with van der Waals surface area (Å²) in [6.45, 7) is 9.38. The molecule has 0 heterocycles. The predicted octanol–water partition coefficient (Wildman–Crippen LogP) is 5.37. The Bertz CT molecular complexity index is 506. The highest BCUT2D eigenvalue weighted by Crippen LogP contribution is 2.63. The van der Waals surface area contributed by atoms with Crippen molar-refractivity contribution in [2.75, 3.05) is 7.11 Å². The predicted molar refractivity (Wildman–Crippen MR) is 93.9 cm³/mol. The van der Waals surface area contributed by atoms with Crippen LogP contribution in [0.2, 0.25) is 0 Å². The molecule has 3 aliphatic carbocycles. The molecule has 2 saturated carbocycles. The number of rotatable bonds is 2. The van der Waals surface area contributed by atoms with E-state index >= 15 is 0 Å². The highest BCUT2D eigenvalue weighted by molar-refractivity contribution is 5.77. The first-order chi connectivity index (χ1) is 10.8. The van der Waals surface area contributed by atoms with Crippen LogP contribution in [0.3, 0.4) is 0 Å². The van der Waals surface area contributed by atoms with Crippen molar-refractivity contribution in [1.29, 1.82) is 0 Å². The normalized spacial score (nSPS) is 43.4. The summed E-state index contributed by atoms with van der Waals surface area (Å²) in [4.78, 5) is 12.5. The Labute approximate surface area is 142 Å². The molecule has 0 radical (unpaired) electrons. The third-order valence-electron chi connectivity index (χ3n) is 7.75. The van der Waals surface area contributed by atoms with E-state index in [-0.39, 0.29) is 16.8 Å². The Balaban J connectivity index is 1.92. The quantitative estimate of drug-likeness (QED) is 0.505. The van der Waals surface area contributed by atoms with Gasteiger partial charge in [-0.1, -0.05) is 38.8 Å². The van der Waals surface area contributed by atoms with Gasteiger partial charge < -0.3 is 4.74 Å². The van der Waals surface area contributed by atoms with Gasteiger partial charge in [0, 0.05) is 0 Å². The maximum atomic E-state index is 12.5.